The second kappa shape index (κ2) is 7.29. The number of rotatable bonds is 6. The molecule has 0 amide bonds. The third-order valence-electron chi connectivity index (χ3n) is 4.05. The average Bonchev–Trinajstić information content (AvgIpc) is 2.63. The summed E-state index contributed by atoms with van der Waals surface area (Å²) in [6.45, 7) is 0.307. The fourth-order valence-corrected chi connectivity index (χ4v) is 3.27. The number of nitrogens with two attached hydrogens (primary N) is 1. The first kappa shape index (κ1) is 18.7. The van der Waals surface area contributed by atoms with Crippen LogP contribution in [0.15, 0.2) is 53.3 Å². The number of aromatic nitrogens is 1. The van der Waals surface area contributed by atoms with Gasteiger partial charge >= 0.3 is 0 Å². The van der Waals surface area contributed by atoms with Gasteiger partial charge in [-0.25, -0.2) is 5.14 Å². The van der Waals surface area contributed by atoms with Crippen LogP contribution in [-0.2, 0) is 16.8 Å². The van der Waals surface area contributed by atoms with Crippen LogP contribution in [0, 0.1) is 0 Å². The second-order valence-corrected chi connectivity index (χ2v) is 7.16. The van der Waals surface area contributed by atoms with Crippen LogP contribution < -0.4 is 24.9 Å². The van der Waals surface area contributed by atoms with Crippen LogP contribution >= 0.6 is 0 Å². The van der Waals surface area contributed by atoms with Gasteiger partial charge in [-0.15, -0.1) is 0 Å². The minimum atomic E-state index is -3.83. The number of pyridine rings is 1. The van der Waals surface area contributed by atoms with Crippen LogP contribution in [0.1, 0.15) is 5.56 Å². The molecule has 3 aromatic rings. The fourth-order valence-electron chi connectivity index (χ4n) is 2.81. The van der Waals surface area contributed by atoms with Crippen molar-refractivity contribution in [2.75, 3.05) is 18.9 Å². The smallest absolute Gasteiger partial charge is 0.296 e. The Labute approximate surface area is 156 Å². The maximum atomic E-state index is 12.4. The molecule has 0 unspecified atom stereocenters. The van der Waals surface area contributed by atoms with E-state index in [1.165, 1.54) is 13.2 Å². The Hall–Kier alpha value is -3.04. The van der Waals surface area contributed by atoms with Crippen molar-refractivity contribution < 1.29 is 17.9 Å². The number of benzene rings is 2. The maximum Gasteiger partial charge on any atom is 0.296 e. The zero-order chi connectivity index (χ0) is 19.6. The number of fused-ring (bicyclic) bond motifs is 1. The molecule has 0 fully saturated rings. The predicted octanol–water partition coefficient (Wildman–Crippen LogP) is 1.68. The van der Waals surface area contributed by atoms with Gasteiger partial charge in [0.2, 0.25) is 0 Å². The van der Waals surface area contributed by atoms with Gasteiger partial charge in [-0.3, -0.25) is 9.52 Å². The second-order valence-electron chi connectivity index (χ2n) is 5.87. The summed E-state index contributed by atoms with van der Waals surface area (Å²) < 4.78 is 36.6. The molecule has 0 aliphatic carbocycles. The molecule has 0 aliphatic heterocycles. The van der Waals surface area contributed by atoms with Gasteiger partial charge < -0.3 is 14.0 Å². The molecule has 0 spiro atoms. The van der Waals surface area contributed by atoms with E-state index in [-0.39, 0.29) is 5.56 Å². The maximum absolute atomic E-state index is 12.4. The molecule has 1 heterocycles. The number of hydrogen-bond acceptors (Lipinski definition) is 5. The normalized spacial score (nSPS) is 11.4. The molecule has 142 valence electrons. The van der Waals surface area contributed by atoms with E-state index in [1.54, 1.807) is 48.1 Å². The fraction of sp³-hybridized carbons (Fsp3) is 0.167. The minimum Gasteiger partial charge on any atom is -0.493 e. The first-order valence-electron chi connectivity index (χ1n) is 7.96. The van der Waals surface area contributed by atoms with Crippen LogP contribution in [0.4, 0.5) is 5.69 Å². The first-order chi connectivity index (χ1) is 12.8. The Bertz CT molecular complexity index is 1140. The highest BCUT2D eigenvalue weighted by molar-refractivity contribution is 7.90. The van der Waals surface area contributed by atoms with Crippen molar-refractivity contribution in [2.24, 2.45) is 5.14 Å². The predicted molar refractivity (Wildman–Crippen MR) is 104 cm³/mol. The van der Waals surface area contributed by atoms with E-state index in [4.69, 9.17) is 14.6 Å². The van der Waals surface area contributed by atoms with Gasteiger partial charge in [-0.2, -0.15) is 8.42 Å². The van der Waals surface area contributed by atoms with Gasteiger partial charge in [-0.1, -0.05) is 12.1 Å². The van der Waals surface area contributed by atoms with Gasteiger partial charge in [-0.05, 0) is 29.8 Å². The summed E-state index contributed by atoms with van der Waals surface area (Å²) in [5.41, 5.74) is 1.70. The molecular formula is C18H19N3O5S. The molecule has 27 heavy (non-hydrogen) atoms. The van der Waals surface area contributed by atoms with Crippen LogP contribution in [0.25, 0.3) is 10.9 Å². The zero-order valence-electron chi connectivity index (χ0n) is 14.8. The Morgan fingerprint density at radius 2 is 1.63 bits per heavy atom. The van der Waals surface area contributed by atoms with Crippen LogP contribution in [0.2, 0.25) is 0 Å². The van der Waals surface area contributed by atoms with E-state index in [2.05, 4.69) is 4.72 Å². The summed E-state index contributed by atoms with van der Waals surface area (Å²) in [5, 5.41) is 5.79. The lowest BCUT2D eigenvalue weighted by molar-refractivity contribution is 0.355. The Morgan fingerprint density at radius 1 is 1.00 bits per heavy atom. The van der Waals surface area contributed by atoms with Crippen LogP contribution in [0.3, 0.4) is 0 Å². The Kier molecular flexibility index (Phi) is 5.06. The highest BCUT2D eigenvalue weighted by atomic mass is 32.2. The van der Waals surface area contributed by atoms with E-state index >= 15 is 0 Å². The van der Waals surface area contributed by atoms with E-state index in [0.717, 1.165) is 10.9 Å². The van der Waals surface area contributed by atoms with Gasteiger partial charge in [0.25, 0.3) is 15.8 Å². The summed E-state index contributed by atoms with van der Waals surface area (Å²) in [5.74, 6) is 1.10. The molecule has 3 N–H and O–H groups in total. The Balaban J connectivity index is 2.01. The highest BCUT2D eigenvalue weighted by Crippen LogP contribution is 2.31. The standard InChI is InChI=1S/C18H19N3O5S/c1-25-16-9-13-5-8-18(22)21(15(13)10-17(16)26-2)11-12-3-6-14(7-4-12)20-27(19,23)24/h3-10,20H,11H2,1-2H3,(H2,19,23,24). The number of methoxy groups -OCH3 is 2. The quantitative estimate of drug-likeness (QED) is 0.666. The third kappa shape index (κ3) is 4.21. The Morgan fingerprint density at radius 3 is 2.22 bits per heavy atom. The largest absolute Gasteiger partial charge is 0.493 e. The molecule has 8 nitrogen and oxygen atoms in total. The first-order valence-corrected chi connectivity index (χ1v) is 9.50. The van der Waals surface area contributed by atoms with E-state index in [9.17, 15) is 13.2 Å². The summed E-state index contributed by atoms with van der Waals surface area (Å²) in [6, 6.07) is 13.4. The summed E-state index contributed by atoms with van der Waals surface area (Å²) in [6.07, 6.45) is 0. The van der Waals surface area contributed by atoms with Gasteiger partial charge in [0, 0.05) is 23.2 Å². The average molecular weight is 389 g/mol. The number of nitrogens with one attached hydrogen (secondary N) is 1. The van der Waals surface area contributed by atoms with Crippen molar-refractivity contribution in [1.82, 2.24) is 4.57 Å². The van der Waals surface area contributed by atoms with Crippen LogP contribution in [0.5, 0.6) is 11.5 Å². The lowest BCUT2D eigenvalue weighted by atomic mass is 10.1. The molecule has 0 bridgehead atoms. The number of anilines is 1. The van der Waals surface area contributed by atoms with Crippen molar-refractivity contribution >= 4 is 26.8 Å². The molecule has 0 saturated carbocycles. The number of nitrogens with zero attached hydrogens (tertiary/aromatic N) is 1. The molecule has 9 heteroatoms. The monoisotopic (exact) mass is 389 g/mol. The lowest BCUT2D eigenvalue weighted by Crippen LogP contribution is -2.22. The molecule has 2 aromatic carbocycles. The van der Waals surface area contributed by atoms with Gasteiger partial charge in [0.05, 0.1) is 26.3 Å². The van der Waals surface area contributed by atoms with E-state index < -0.39 is 10.2 Å². The zero-order valence-corrected chi connectivity index (χ0v) is 15.6. The molecule has 0 radical (unpaired) electrons. The molecule has 0 aliphatic rings. The summed E-state index contributed by atoms with van der Waals surface area (Å²) >= 11 is 0. The SMILES string of the molecule is COc1cc2ccc(=O)n(Cc3ccc(NS(N)(=O)=O)cc3)c2cc1OC. The van der Waals surface area contributed by atoms with Crippen LogP contribution in [-0.4, -0.2) is 27.2 Å². The topological polar surface area (TPSA) is 113 Å². The lowest BCUT2D eigenvalue weighted by Gasteiger charge is -2.14. The van der Waals surface area contributed by atoms with E-state index in [0.29, 0.717) is 29.2 Å². The third-order valence-corrected chi connectivity index (χ3v) is 4.57. The van der Waals surface area contributed by atoms with Crippen molar-refractivity contribution in [3.8, 4) is 11.5 Å². The molecule has 3 rings (SSSR count). The van der Waals surface area contributed by atoms with Crippen molar-refractivity contribution in [2.45, 2.75) is 6.54 Å². The van der Waals surface area contributed by atoms with Crippen molar-refractivity contribution in [3.05, 3.63) is 64.4 Å². The number of ether oxygens (including phenoxy) is 2. The van der Waals surface area contributed by atoms with Crippen molar-refractivity contribution in [3.63, 3.8) is 0 Å². The van der Waals surface area contributed by atoms with E-state index in [1.807, 2.05) is 6.07 Å². The molecule has 1 aromatic heterocycles. The summed E-state index contributed by atoms with van der Waals surface area (Å²) in [7, 11) is -0.743. The number of hydrogen-bond donors (Lipinski definition) is 2. The minimum absolute atomic E-state index is 0.165. The van der Waals surface area contributed by atoms with Crippen molar-refractivity contribution in [1.29, 1.82) is 0 Å². The molecule has 0 saturated heterocycles. The molecule has 0 atom stereocenters. The summed E-state index contributed by atoms with van der Waals surface area (Å²) in [4.78, 5) is 12.4. The van der Waals surface area contributed by atoms with Gasteiger partial charge in [0.1, 0.15) is 0 Å². The van der Waals surface area contributed by atoms with Gasteiger partial charge in [0.15, 0.2) is 11.5 Å². The molecular weight excluding hydrogens is 370 g/mol. The highest BCUT2D eigenvalue weighted by Gasteiger charge is 2.11.